The Kier molecular flexibility index (Phi) is 5.86. The summed E-state index contributed by atoms with van der Waals surface area (Å²) in [6, 6.07) is 0. The minimum Gasteiger partial charge on any atom is -0.724 e. The molecule has 0 saturated carbocycles. The molecule has 0 aromatic rings. The third-order valence-electron chi connectivity index (χ3n) is 1.45. The van der Waals surface area contributed by atoms with Gasteiger partial charge >= 0.3 is 0 Å². The van der Waals surface area contributed by atoms with Crippen LogP contribution in [0.2, 0.25) is 0 Å². The van der Waals surface area contributed by atoms with Crippen molar-refractivity contribution in [2.45, 2.75) is 12.8 Å². The predicted molar refractivity (Wildman–Crippen MR) is 52.2 cm³/mol. The van der Waals surface area contributed by atoms with E-state index in [9.17, 15) is 14.1 Å². The van der Waals surface area contributed by atoms with E-state index in [0.717, 1.165) is 0 Å². The Morgan fingerprint density at radius 2 is 1.62 bits per heavy atom. The average molecular weight is 275 g/mol. The van der Waals surface area contributed by atoms with Crippen LogP contribution in [0.3, 0.4) is 0 Å². The maximum atomic E-state index is 10.9. The van der Waals surface area contributed by atoms with Crippen molar-refractivity contribution in [3.05, 3.63) is 0 Å². The highest BCUT2D eigenvalue weighted by molar-refractivity contribution is 7.94. The van der Waals surface area contributed by atoms with Gasteiger partial charge in [0.25, 0.3) is 11.8 Å². The number of hydrogen-bond donors (Lipinski definition) is 0. The van der Waals surface area contributed by atoms with Crippen LogP contribution in [-0.2, 0) is 35.5 Å². The van der Waals surface area contributed by atoms with Crippen molar-refractivity contribution in [2.75, 3.05) is 12.5 Å². The lowest BCUT2D eigenvalue weighted by Gasteiger charge is -2.05. The zero-order valence-electron chi connectivity index (χ0n) is 8.51. The molecular formula is C6H10FNO6S2. The van der Waals surface area contributed by atoms with Gasteiger partial charge in [0.15, 0.2) is 0 Å². The number of amides is 2. The molecule has 1 fully saturated rings. The summed E-state index contributed by atoms with van der Waals surface area (Å²) in [5.41, 5.74) is 0. The van der Waals surface area contributed by atoms with Crippen molar-refractivity contribution in [3.63, 3.8) is 0 Å². The van der Waals surface area contributed by atoms with E-state index < -0.39 is 10.4 Å². The van der Waals surface area contributed by atoms with E-state index >= 15 is 0 Å². The topological polar surface area (TPSA) is 104 Å². The summed E-state index contributed by atoms with van der Waals surface area (Å²) in [4.78, 5) is 21.9. The van der Waals surface area contributed by atoms with Gasteiger partial charge in [-0.3, -0.25) is 9.59 Å². The van der Waals surface area contributed by atoms with Crippen LogP contribution >= 0.6 is 0 Å². The molecule has 1 heterocycles. The van der Waals surface area contributed by atoms with Gasteiger partial charge in [-0.2, -0.15) is 0 Å². The highest BCUT2D eigenvalue weighted by Gasteiger charge is 2.37. The van der Waals surface area contributed by atoms with E-state index in [-0.39, 0.29) is 22.9 Å². The Morgan fingerprint density at radius 3 is 1.75 bits per heavy atom. The SMILES string of the molecule is C[S+](C)N1C(=O)CCC1=O.O=S(=O)([O-])OF. The second-order valence-corrected chi connectivity index (χ2v) is 5.68. The average Bonchev–Trinajstić information content (AvgIpc) is 2.46. The Labute approximate surface area is 94.9 Å². The van der Waals surface area contributed by atoms with E-state index in [2.05, 4.69) is 0 Å². The largest absolute Gasteiger partial charge is 0.724 e. The zero-order valence-corrected chi connectivity index (χ0v) is 10.1. The van der Waals surface area contributed by atoms with Crippen LogP contribution in [0.5, 0.6) is 0 Å². The fraction of sp³-hybridized carbons (Fsp3) is 0.667. The van der Waals surface area contributed by atoms with Crippen molar-refractivity contribution >= 4 is 33.3 Å². The third kappa shape index (κ3) is 5.39. The Balaban J connectivity index is 0.000000325. The van der Waals surface area contributed by atoms with E-state index in [4.69, 9.17) is 13.0 Å². The third-order valence-corrected chi connectivity index (χ3v) is 2.74. The monoisotopic (exact) mass is 275 g/mol. The summed E-state index contributed by atoms with van der Waals surface area (Å²) in [6.45, 7) is 0. The Bertz CT molecular complexity index is 351. The van der Waals surface area contributed by atoms with E-state index in [1.807, 2.05) is 16.9 Å². The van der Waals surface area contributed by atoms with E-state index in [1.54, 1.807) is 0 Å². The highest BCUT2D eigenvalue weighted by atomic mass is 32.3. The number of imide groups is 1. The molecule has 1 aliphatic heterocycles. The van der Waals surface area contributed by atoms with Gasteiger partial charge < -0.3 is 4.55 Å². The van der Waals surface area contributed by atoms with Crippen LogP contribution < -0.4 is 0 Å². The number of rotatable bonds is 2. The Morgan fingerprint density at radius 1 is 1.31 bits per heavy atom. The smallest absolute Gasteiger partial charge is 0.273 e. The van der Waals surface area contributed by atoms with Gasteiger partial charge in [-0.15, -0.1) is 0 Å². The molecule has 7 nitrogen and oxygen atoms in total. The van der Waals surface area contributed by atoms with Crippen LogP contribution in [0, 0.1) is 0 Å². The molecule has 0 atom stereocenters. The maximum Gasteiger partial charge on any atom is 0.273 e. The molecule has 0 spiro atoms. The van der Waals surface area contributed by atoms with Gasteiger partial charge in [0.2, 0.25) is 10.4 Å². The molecule has 2 amide bonds. The van der Waals surface area contributed by atoms with Gasteiger partial charge in [-0.05, 0) is 4.53 Å². The lowest BCUT2D eigenvalue weighted by Crippen LogP contribution is -2.33. The van der Waals surface area contributed by atoms with Crippen LogP contribution in [-0.4, -0.2) is 41.6 Å². The molecule has 1 rings (SSSR count). The second-order valence-electron chi connectivity index (χ2n) is 2.83. The molecule has 0 N–H and O–H groups in total. The first-order valence-electron chi connectivity index (χ1n) is 3.88. The molecule has 0 bridgehead atoms. The van der Waals surface area contributed by atoms with Gasteiger partial charge in [0.05, 0.1) is 0 Å². The summed E-state index contributed by atoms with van der Waals surface area (Å²) in [6.07, 6.45) is 4.57. The van der Waals surface area contributed by atoms with Crippen LogP contribution in [0.4, 0.5) is 4.53 Å². The quantitative estimate of drug-likeness (QED) is 0.285. The van der Waals surface area contributed by atoms with Crippen molar-refractivity contribution in [3.8, 4) is 0 Å². The Hall–Kier alpha value is -0.710. The van der Waals surface area contributed by atoms with Crippen molar-refractivity contribution in [1.29, 1.82) is 0 Å². The summed E-state index contributed by atoms with van der Waals surface area (Å²) in [5, 5.41) is 0. The number of carbonyl (C=O) groups excluding carboxylic acids is 2. The van der Waals surface area contributed by atoms with E-state index in [1.165, 1.54) is 4.31 Å². The lowest BCUT2D eigenvalue weighted by atomic mass is 10.4. The first kappa shape index (κ1) is 15.3. The molecule has 0 aromatic heterocycles. The fourth-order valence-electron chi connectivity index (χ4n) is 0.963. The minimum absolute atomic E-state index is 0.0154. The first-order chi connectivity index (χ1) is 7.19. The molecule has 0 radical (unpaired) electrons. The summed E-state index contributed by atoms with van der Waals surface area (Å²) in [7, 11) is -5.08. The van der Waals surface area contributed by atoms with Gasteiger partial charge in [0.1, 0.15) is 23.6 Å². The van der Waals surface area contributed by atoms with Crippen molar-refractivity contribution < 1.29 is 31.5 Å². The number of hydrogen-bond acceptors (Lipinski definition) is 6. The number of nitrogens with zero attached hydrogens (tertiary/aromatic N) is 1. The maximum absolute atomic E-state index is 10.9. The van der Waals surface area contributed by atoms with E-state index in [0.29, 0.717) is 12.8 Å². The highest BCUT2D eigenvalue weighted by Crippen LogP contribution is 2.14. The zero-order chi connectivity index (χ0) is 12.9. The van der Waals surface area contributed by atoms with Crippen LogP contribution in [0.25, 0.3) is 0 Å². The van der Waals surface area contributed by atoms with Crippen LogP contribution in [0.1, 0.15) is 12.8 Å². The van der Waals surface area contributed by atoms with Crippen LogP contribution in [0.15, 0.2) is 0 Å². The summed E-state index contributed by atoms with van der Waals surface area (Å²) < 4.78 is 39.9. The molecule has 0 unspecified atom stereocenters. The normalized spacial score (nSPS) is 16.4. The van der Waals surface area contributed by atoms with Gasteiger partial charge in [0, 0.05) is 12.8 Å². The molecule has 0 aliphatic carbocycles. The predicted octanol–water partition coefficient (Wildman–Crippen LogP) is -0.724. The first-order valence-corrected chi connectivity index (χ1v) is 7.21. The van der Waals surface area contributed by atoms with Crippen molar-refractivity contribution in [1.82, 2.24) is 4.31 Å². The summed E-state index contributed by atoms with van der Waals surface area (Å²) in [5.74, 6) is -0.0309. The minimum atomic E-state index is -5.08. The summed E-state index contributed by atoms with van der Waals surface area (Å²) >= 11 is -0.217. The molecule has 16 heavy (non-hydrogen) atoms. The van der Waals surface area contributed by atoms with Gasteiger partial charge in [-0.1, -0.05) is 8.69 Å². The van der Waals surface area contributed by atoms with Gasteiger partial charge in [-0.25, -0.2) is 8.42 Å². The molecule has 94 valence electrons. The molecular weight excluding hydrogens is 265 g/mol. The fourth-order valence-corrected chi connectivity index (χ4v) is 1.96. The molecule has 10 heteroatoms. The standard InChI is InChI=1S/C6H10NO2S.FHO4S/c1-10(2)7-5(8)3-4-6(7)9;1-5-6(2,3)4/h3-4H2,1-2H3;(H,2,3,4)/q+1;/p-1. The molecule has 1 saturated heterocycles. The van der Waals surface area contributed by atoms with Crippen molar-refractivity contribution in [2.24, 2.45) is 0 Å². The molecule has 0 aromatic carbocycles. The number of halogens is 1. The number of carbonyl (C=O) groups is 2. The molecule has 1 aliphatic rings. The second kappa shape index (κ2) is 6.13. The lowest BCUT2D eigenvalue weighted by molar-refractivity contribution is -0.131.